The standard InChI is InChI=1S/C22H26F3N7O3/c1-13-10-32(17-9-28-30-20(34)19(13)17)14(2)11-35-12-18(33)29-16-3-5-31(6-4-16)21-26-7-15(8-27-21)22(23,24)25/h7-10,14,16H,3-6,11-12H2,1-2H3,(H,29,33)(H,30,34). The van der Waals surface area contributed by atoms with E-state index in [4.69, 9.17) is 4.74 Å². The molecular formula is C22H26F3N7O3. The Balaban J connectivity index is 1.22. The number of piperidine rings is 1. The molecule has 0 saturated carbocycles. The Kier molecular flexibility index (Phi) is 7.05. The second-order valence-corrected chi connectivity index (χ2v) is 8.64. The number of nitrogens with one attached hydrogen (secondary N) is 2. The summed E-state index contributed by atoms with van der Waals surface area (Å²) in [6, 6.07) is -0.183. The largest absolute Gasteiger partial charge is 0.419 e. The summed E-state index contributed by atoms with van der Waals surface area (Å²) >= 11 is 0. The van der Waals surface area contributed by atoms with Crippen LogP contribution in [0.1, 0.15) is 36.9 Å². The molecule has 4 rings (SSSR count). The zero-order valence-electron chi connectivity index (χ0n) is 19.3. The molecule has 2 N–H and O–H groups in total. The molecule has 1 aliphatic heterocycles. The van der Waals surface area contributed by atoms with Crippen molar-refractivity contribution < 1.29 is 22.7 Å². The van der Waals surface area contributed by atoms with E-state index in [1.165, 1.54) is 0 Å². The summed E-state index contributed by atoms with van der Waals surface area (Å²) < 4.78 is 45.5. The third kappa shape index (κ3) is 5.61. The molecule has 1 amide bonds. The van der Waals surface area contributed by atoms with Crippen LogP contribution in [-0.4, -0.2) is 63.0 Å². The number of rotatable bonds is 7. The van der Waals surface area contributed by atoms with Crippen molar-refractivity contribution in [3.8, 4) is 0 Å². The number of alkyl halides is 3. The molecule has 0 bridgehead atoms. The first-order valence-corrected chi connectivity index (χ1v) is 11.2. The van der Waals surface area contributed by atoms with E-state index in [0.29, 0.717) is 36.8 Å². The van der Waals surface area contributed by atoms with Crippen LogP contribution in [0.5, 0.6) is 0 Å². The highest BCUT2D eigenvalue weighted by molar-refractivity contribution is 5.82. The van der Waals surface area contributed by atoms with Crippen LogP contribution < -0.4 is 15.8 Å². The molecular weight excluding hydrogens is 467 g/mol. The number of aromatic nitrogens is 5. The van der Waals surface area contributed by atoms with Crippen LogP contribution in [0.25, 0.3) is 10.9 Å². The second kappa shape index (κ2) is 10.0. The lowest BCUT2D eigenvalue weighted by Crippen LogP contribution is -2.46. The summed E-state index contributed by atoms with van der Waals surface area (Å²) in [5.74, 6) is -0.00172. The number of aromatic amines is 1. The Morgan fingerprint density at radius 2 is 1.94 bits per heavy atom. The van der Waals surface area contributed by atoms with Crippen molar-refractivity contribution in [2.45, 2.75) is 44.9 Å². The minimum atomic E-state index is -4.47. The summed E-state index contributed by atoms with van der Waals surface area (Å²) in [5, 5.41) is 9.80. The number of carbonyl (C=O) groups is 1. The van der Waals surface area contributed by atoms with Gasteiger partial charge in [-0.15, -0.1) is 0 Å². The molecule has 4 heterocycles. The zero-order valence-corrected chi connectivity index (χ0v) is 19.3. The van der Waals surface area contributed by atoms with Gasteiger partial charge in [-0.05, 0) is 32.3 Å². The number of hydrogen-bond acceptors (Lipinski definition) is 7. The SMILES string of the molecule is Cc1cn(C(C)COCC(=O)NC2CCN(c3ncc(C(F)(F)F)cn3)CC2)c2cn[nH]c(=O)c12. The molecule has 13 heteroatoms. The maximum Gasteiger partial charge on any atom is 0.419 e. The van der Waals surface area contributed by atoms with Crippen molar-refractivity contribution in [1.82, 2.24) is 30.0 Å². The number of amides is 1. The molecule has 3 aromatic heterocycles. The van der Waals surface area contributed by atoms with Gasteiger partial charge in [0, 0.05) is 37.7 Å². The number of H-pyrrole nitrogens is 1. The topological polar surface area (TPSA) is 118 Å². The van der Waals surface area contributed by atoms with E-state index in [0.717, 1.165) is 18.0 Å². The van der Waals surface area contributed by atoms with Crippen molar-refractivity contribution in [1.29, 1.82) is 0 Å². The van der Waals surface area contributed by atoms with Crippen LogP contribution >= 0.6 is 0 Å². The van der Waals surface area contributed by atoms with E-state index >= 15 is 0 Å². The van der Waals surface area contributed by atoms with Gasteiger partial charge in [-0.1, -0.05) is 0 Å². The molecule has 1 unspecified atom stereocenters. The second-order valence-electron chi connectivity index (χ2n) is 8.64. The zero-order chi connectivity index (χ0) is 25.2. The van der Waals surface area contributed by atoms with Gasteiger partial charge in [0.05, 0.1) is 35.3 Å². The van der Waals surface area contributed by atoms with Gasteiger partial charge >= 0.3 is 6.18 Å². The molecule has 188 valence electrons. The van der Waals surface area contributed by atoms with Crippen molar-refractivity contribution in [2.75, 3.05) is 31.2 Å². The van der Waals surface area contributed by atoms with E-state index < -0.39 is 11.7 Å². The summed E-state index contributed by atoms with van der Waals surface area (Å²) in [5.41, 5.74) is 0.405. The molecule has 1 fully saturated rings. The fraction of sp³-hybridized carbons (Fsp3) is 0.500. The lowest BCUT2D eigenvalue weighted by atomic mass is 10.1. The summed E-state index contributed by atoms with van der Waals surface area (Å²) in [6.45, 7) is 4.97. The Labute approximate surface area is 198 Å². The highest BCUT2D eigenvalue weighted by Crippen LogP contribution is 2.28. The average molecular weight is 493 g/mol. The van der Waals surface area contributed by atoms with E-state index in [-0.39, 0.29) is 42.7 Å². The number of ether oxygens (including phenoxy) is 1. The Morgan fingerprint density at radius 3 is 2.60 bits per heavy atom. The van der Waals surface area contributed by atoms with Crippen LogP contribution in [0, 0.1) is 6.92 Å². The van der Waals surface area contributed by atoms with Gasteiger partial charge < -0.3 is 19.5 Å². The Hall–Kier alpha value is -3.48. The van der Waals surface area contributed by atoms with E-state index in [1.807, 2.05) is 24.6 Å². The highest BCUT2D eigenvalue weighted by Gasteiger charge is 2.32. The van der Waals surface area contributed by atoms with Crippen LogP contribution in [-0.2, 0) is 15.7 Å². The number of aryl methyl sites for hydroxylation is 1. The average Bonchev–Trinajstić information content (AvgIpc) is 3.17. The molecule has 1 atom stereocenters. The number of anilines is 1. The first-order chi connectivity index (χ1) is 16.6. The lowest BCUT2D eigenvalue weighted by Gasteiger charge is -2.32. The quantitative estimate of drug-likeness (QED) is 0.518. The van der Waals surface area contributed by atoms with Crippen LogP contribution in [0.2, 0.25) is 0 Å². The molecule has 35 heavy (non-hydrogen) atoms. The normalized spacial score (nSPS) is 16.0. The predicted octanol–water partition coefficient (Wildman–Crippen LogP) is 2.20. The van der Waals surface area contributed by atoms with Crippen LogP contribution in [0.4, 0.5) is 19.1 Å². The van der Waals surface area contributed by atoms with Crippen molar-refractivity contribution in [3.05, 3.63) is 46.3 Å². The molecule has 0 radical (unpaired) electrons. The monoisotopic (exact) mass is 493 g/mol. The summed E-state index contributed by atoms with van der Waals surface area (Å²) in [4.78, 5) is 33.8. The molecule has 0 spiro atoms. The molecule has 1 aliphatic rings. The summed E-state index contributed by atoms with van der Waals surface area (Å²) in [7, 11) is 0. The van der Waals surface area contributed by atoms with Crippen LogP contribution in [0.15, 0.2) is 29.6 Å². The van der Waals surface area contributed by atoms with Gasteiger partial charge in [-0.2, -0.15) is 18.3 Å². The van der Waals surface area contributed by atoms with Gasteiger partial charge in [-0.3, -0.25) is 9.59 Å². The number of nitrogens with zero attached hydrogens (tertiary/aromatic N) is 5. The van der Waals surface area contributed by atoms with Crippen molar-refractivity contribution in [2.24, 2.45) is 0 Å². The van der Waals surface area contributed by atoms with Gasteiger partial charge in [0.25, 0.3) is 5.56 Å². The number of hydrogen-bond donors (Lipinski definition) is 2. The van der Waals surface area contributed by atoms with Gasteiger partial charge in [0.2, 0.25) is 11.9 Å². The molecule has 10 nitrogen and oxygen atoms in total. The van der Waals surface area contributed by atoms with Gasteiger partial charge in [-0.25, -0.2) is 15.1 Å². The predicted molar refractivity (Wildman–Crippen MR) is 121 cm³/mol. The van der Waals surface area contributed by atoms with Crippen LogP contribution in [0.3, 0.4) is 0 Å². The minimum absolute atomic E-state index is 0.0666. The van der Waals surface area contributed by atoms with E-state index in [1.54, 1.807) is 11.1 Å². The number of fused-ring (bicyclic) bond motifs is 1. The first kappa shape index (κ1) is 24.6. The third-order valence-corrected chi connectivity index (χ3v) is 6.02. The lowest BCUT2D eigenvalue weighted by molar-refractivity contribution is -0.138. The molecule has 0 aromatic carbocycles. The highest BCUT2D eigenvalue weighted by atomic mass is 19.4. The molecule has 3 aromatic rings. The number of carbonyl (C=O) groups excluding carboxylic acids is 1. The Morgan fingerprint density at radius 1 is 1.26 bits per heavy atom. The maximum absolute atomic E-state index is 12.7. The van der Waals surface area contributed by atoms with Gasteiger partial charge in [0.15, 0.2) is 0 Å². The third-order valence-electron chi connectivity index (χ3n) is 6.02. The van der Waals surface area contributed by atoms with Gasteiger partial charge in [0.1, 0.15) is 6.61 Å². The van der Waals surface area contributed by atoms with Crippen molar-refractivity contribution in [3.63, 3.8) is 0 Å². The smallest absolute Gasteiger partial charge is 0.370 e. The first-order valence-electron chi connectivity index (χ1n) is 11.2. The summed E-state index contributed by atoms with van der Waals surface area (Å²) in [6.07, 6.45) is 1.77. The fourth-order valence-corrected chi connectivity index (χ4v) is 4.20. The van der Waals surface area contributed by atoms with E-state index in [9.17, 15) is 22.8 Å². The Bertz CT molecular complexity index is 1230. The fourth-order valence-electron chi connectivity index (χ4n) is 4.20. The number of halogens is 3. The van der Waals surface area contributed by atoms with E-state index in [2.05, 4.69) is 25.5 Å². The van der Waals surface area contributed by atoms with Crippen molar-refractivity contribution >= 4 is 22.8 Å². The molecule has 0 aliphatic carbocycles. The maximum atomic E-state index is 12.7. The molecule has 1 saturated heterocycles. The minimum Gasteiger partial charge on any atom is -0.370 e.